The van der Waals surface area contributed by atoms with E-state index in [2.05, 4.69) is 0 Å². The lowest BCUT2D eigenvalue weighted by Crippen LogP contribution is -2.14. The van der Waals surface area contributed by atoms with Gasteiger partial charge in [-0.1, -0.05) is 19.1 Å². The van der Waals surface area contributed by atoms with Gasteiger partial charge in [-0.05, 0) is 13.0 Å². The Bertz CT molecular complexity index is 565. The second kappa shape index (κ2) is 5.03. The zero-order valence-electron chi connectivity index (χ0n) is 10.3. The lowest BCUT2D eigenvalue weighted by Gasteiger charge is -2.16. The van der Waals surface area contributed by atoms with E-state index < -0.39 is 32.5 Å². The minimum atomic E-state index is -3.68. The maximum absolute atomic E-state index is 11.5. The molecule has 6 nitrogen and oxygen atoms in total. The lowest BCUT2D eigenvalue weighted by molar-refractivity contribution is -0.388. The Morgan fingerprint density at radius 3 is 2.28 bits per heavy atom. The Kier molecular flexibility index (Phi) is 4.08. The number of rotatable bonds is 4. The van der Waals surface area contributed by atoms with Crippen LogP contribution in [0.3, 0.4) is 0 Å². The van der Waals surface area contributed by atoms with Crippen LogP contribution in [-0.4, -0.2) is 30.8 Å². The molecule has 1 rings (SSSR count). The molecule has 0 aromatic heterocycles. The van der Waals surface area contributed by atoms with Gasteiger partial charge in [-0.3, -0.25) is 10.1 Å². The molecule has 0 heterocycles. The Morgan fingerprint density at radius 2 is 1.89 bits per heavy atom. The van der Waals surface area contributed by atoms with Gasteiger partial charge in [0.1, 0.15) is 4.90 Å². The number of aliphatic hydroxyl groups is 1. The van der Waals surface area contributed by atoms with E-state index in [0.29, 0.717) is 0 Å². The lowest BCUT2D eigenvalue weighted by atomic mass is 9.95. The van der Waals surface area contributed by atoms with Crippen LogP contribution in [0, 0.1) is 10.1 Å². The van der Waals surface area contributed by atoms with Gasteiger partial charge < -0.3 is 5.11 Å². The van der Waals surface area contributed by atoms with Crippen LogP contribution in [0.4, 0.5) is 5.69 Å². The second-order valence-electron chi connectivity index (χ2n) is 4.25. The van der Waals surface area contributed by atoms with Crippen LogP contribution in [-0.2, 0) is 9.84 Å². The third-order valence-corrected chi connectivity index (χ3v) is 3.95. The van der Waals surface area contributed by atoms with Gasteiger partial charge in [0, 0.05) is 17.7 Å². The van der Waals surface area contributed by atoms with Crippen molar-refractivity contribution < 1.29 is 18.4 Å². The summed E-state index contributed by atoms with van der Waals surface area (Å²) in [6.07, 6.45) is 0.116. The molecule has 0 fully saturated rings. The molecule has 0 aliphatic rings. The summed E-state index contributed by atoms with van der Waals surface area (Å²) in [4.78, 5) is 10.0. The van der Waals surface area contributed by atoms with Crippen LogP contribution >= 0.6 is 0 Å². The first kappa shape index (κ1) is 14.6. The summed E-state index contributed by atoms with van der Waals surface area (Å²) >= 11 is 0. The van der Waals surface area contributed by atoms with Crippen molar-refractivity contribution in [2.24, 2.45) is 0 Å². The molecule has 0 aliphatic carbocycles. The third kappa shape index (κ3) is 2.85. The molecule has 1 aromatic carbocycles. The standard InChI is InChI=1S/C11H15NO5S/c1-7(8(2)13)9-5-4-6-10(18(3,16)17)11(9)12(14)15/h4-8,13H,1-3H3. The molecule has 1 aromatic rings. The highest BCUT2D eigenvalue weighted by Gasteiger charge is 2.29. The minimum absolute atomic E-state index is 0.220. The molecule has 100 valence electrons. The van der Waals surface area contributed by atoms with Crippen LogP contribution in [0.5, 0.6) is 0 Å². The van der Waals surface area contributed by atoms with Crippen LogP contribution in [0.2, 0.25) is 0 Å². The number of benzene rings is 1. The van der Waals surface area contributed by atoms with Crippen LogP contribution in [0.25, 0.3) is 0 Å². The number of para-hydroxylation sites is 1. The molecule has 2 unspecified atom stereocenters. The first-order chi connectivity index (χ1) is 8.16. The minimum Gasteiger partial charge on any atom is -0.393 e. The Morgan fingerprint density at radius 1 is 1.33 bits per heavy atom. The molecule has 1 N–H and O–H groups in total. The van der Waals surface area contributed by atoms with Crippen LogP contribution in [0.15, 0.2) is 23.1 Å². The molecule has 18 heavy (non-hydrogen) atoms. The monoisotopic (exact) mass is 273 g/mol. The predicted molar refractivity (Wildman–Crippen MR) is 66.3 cm³/mol. The van der Waals surface area contributed by atoms with Crippen molar-refractivity contribution in [1.82, 2.24) is 0 Å². The average molecular weight is 273 g/mol. The Hall–Kier alpha value is -1.47. The Balaban J connectivity index is 3.60. The highest BCUT2D eigenvalue weighted by molar-refractivity contribution is 7.90. The Labute approximate surface area is 105 Å². The van der Waals surface area contributed by atoms with E-state index in [1.54, 1.807) is 6.92 Å². The van der Waals surface area contributed by atoms with Gasteiger partial charge in [-0.15, -0.1) is 0 Å². The summed E-state index contributed by atoms with van der Waals surface area (Å²) in [6.45, 7) is 3.11. The van der Waals surface area contributed by atoms with E-state index in [9.17, 15) is 23.6 Å². The fourth-order valence-corrected chi connectivity index (χ4v) is 2.53. The number of nitro groups is 1. The van der Waals surface area contributed by atoms with E-state index in [4.69, 9.17) is 0 Å². The van der Waals surface area contributed by atoms with Crippen molar-refractivity contribution in [3.63, 3.8) is 0 Å². The molecule has 0 saturated carbocycles. The highest BCUT2D eigenvalue weighted by atomic mass is 32.2. The highest BCUT2D eigenvalue weighted by Crippen LogP contribution is 2.34. The molecule has 0 spiro atoms. The fraction of sp³-hybridized carbons (Fsp3) is 0.455. The quantitative estimate of drug-likeness (QED) is 0.662. The number of aliphatic hydroxyl groups excluding tert-OH is 1. The molecule has 7 heteroatoms. The molecule has 0 saturated heterocycles. The van der Waals surface area contributed by atoms with Gasteiger partial charge in [0.25, 0.3) is 5.69 Å². The van der Waals surface area contributed by atoms with Gasteiger partial charge in [0.05, 0.1) is 11.0 Å². The van der Waals surface area contributed by atoms with E-state index in [0.717, 1.165) is 6.26 Å². The summed E-state index contributed by atoms with van der Waals surface area (Å²) in [7, 11) is -3.68. The van der Waals surface area contributed by atoms with Crippen molar-refractivity contribution in [3.8, 4) is 0 Å². The topological polar surface area (TPSA) is 97.5 Å². The van der Waals surface area contributed by atoms with Gasteiger partial charge in [-0.2, -0.15) is 0 Å². The summed E-state index contributed by atoms with van der Waals surface area (Å²) in [5.41, 5.74) is -0.230. The van der Waals surface area contributed by atoms with E-state index in [1.807, 2.05) is 0 Å². The van der Waals surface area contributed by atoms with Gasteiger partial charge in [0.2, 0.25) is 0 Å². The molecule has 2 atom stereocenters. The van der Waals surface area contributed by atoms with Crippen molar-refractivity contribution in [2.75, 3.05) is 6.26 Å². The smallest absolute Gasteiger partial charge is 0.291 e. The summed E-state index contributed by atoms with van der Waals surface area (Å²) in [5, 5.41) is 20.6. The van der Waals surface area contributed by atoms with E-state index in [-0.39, 0.29) is 10.5 Å². The van der Waals surface area contributed by atoms with Crippen molar-refractivity contribution >= 4 is 15.5 Å². The average Bonchev–Trinajstić information content (AvgIpc) is 2.25. The fourth-order valence-electron chi connectivity index (χ4n) is 1.66. The zero-order valence-corrected chi connectivity index (χ0v) is 11.1. The largest absolute Gasteiger partial charge is 0.393 e. The van der Waals surface area contributed by atoms with Crippen molar-refractivity contribution in [1.29, 1.82) is 0 Å². The second-order valence-corrected chi connectivity index (χ2v) is 6.24. The number of nitrogens with zero attached hydrogens (tertiary/aromatic N) is 1. The summed E-state index contributed by atoms with van der Waals surface area (Å²) in [5.74, 6) is -0.521. The first-order valence-corrected chi connectivity index (χ1v) is 7.20. The molecule has 0 bridgehead atoms. The number of hydrogen-bond acceptors (Lipinski definition) is 5. The SMILES string of the molecule is CC(O)C(C)c1cccc(S(C)(=O)=O)c1[N+](=O)[O-]. The van der Waals surface area contributed by atoms with E-state index >= 15 is 0 Å². The normalized spacial score (nSPS) is 15.1. The molecular weight excluding hydrogens is 258 g/mol. The number of sulfone groups is 1. The molecule has 0 radical (unpaired) electrons. The van der Waals surface area contributed by atoms with Crippen molar-refractivity contribution in [3.05, 3.63) is 33.9 Å². The maximum Gasteiger partial charge on any atom is 0.291 e. The van der Waals surface area contributed by atoms with Crippen molar-refractivity contribution in [2.45, 2.75) is 30.8 Å². The third-order valence-electron chi connectivity index (χ3n) is 2.83. The predicted octanol–water partition coefficient (Wildman–Crippen LogP) is 1.48. The molecule has 0 aliphatic heterocycles. The van der Waals surface area contributed by atoms with E-state index in [1.165, 1.54) is 25.1 Å². The summed E-state index contributed by atoms with van der Waals surface area (Å²) < 4.78 is 23.1. The summed E-state index contributed by atoms with van der Waals surface area (Å²) in [6, 6.07) is 4.10. The first-order valence-electron chi connectivity index (χ1n) is 5.31. The van der Waals surface area contributed by atoms with Gasteiger partial charge >= 0.3 is 0 Å². The van der Waals surface area contributed by atoms with Gasteiger partial charge in [0.15, 0.2) is 9.84 Å². The zero-order chi connectivity index (χ0) is 14.1. The molecular formula is C11H15NO5S. The maximum atomic E-state index is 11.5. The van der Waals surface area contributed by atoms with Crippen LogP contribution in [0.1, 0.15) is 25.3 Å². The van der Waals surface area contributed by atoms with Crippen LogP contribution < -0.4 is 0 Å². The van der Waals surface area contributed by atoms with Gasteiger partial charge in [-0.25, -0.2) is 8.42 Å². The number of hydrogen-bond donors (Lipinski definition) is 1. The number of nitro benzene ring substituents is 1. The molecule has 0 amide bonds.